The molecule has 0 saturated heterocycles. The molecule has 194 valence electrons. The van der Waals surface area contributed by atoms with Crippen molar-refractivity contribution in [3.05, 3.63) is 67.8 Å². The number of hydrogen-bond donors (Lipinski definition) is 6. The van der Waals surface area contributed by atoms with Gasteiger partial charge in [-0.3, -0.25) is 34.6 Å². The third-order valence-corrected chi connectivity index (χ3v) is 4.91. The average molecular weight is 518 g/mol. The first-order valence-corrected chi connectivity index (χ1v) is 10.4. The van der Waals surface area contributed by atoms with Gasteiger partial charge in [0.2, 0.25) is 0 Å². The summed E-state index contributed by atoms with van der Waals surface area (Å²) in [5.41, 5.74) is -2.44. The number of aliphatic carboxylic acids is 1. The van der Waals surface area contributed by atoms with Gasteiger partial charge in [-0.05, 0) is 29.5 Å². The molecule has 0 aromatic heterocycles. The summed E-state index contributed by atoms with van der Waals surface area (Å²) in [6.07, 6.45) is -0.0143. The van der Waals surface area contributed by atoms with Crippen LogP contribution < -0.4 is 16.2 Å². The highest BCUT2D eigenvalue weighted by molar-refractivity contribution is 6.59. The number of nitro benzene ring substituents is 2. The lowest BCUT2D eigenvalue weighted by Crippen LogP contribution is -2.39. The molecule has 16 nitrogen and oxygen atoms in total. The predicted molar refractivity (Wildman–Crippen MR) is 126 cm³/mol. The van der Waals surface area contributed by atoms with Crippen molar-refractivity contribution in [2.45, 2.75) is 6.42 Å². The number of nitrogens with one attached hydrogen (secondary N) is 1. The molecule has 0 aliphatic heterocycles. The number of nitrogens with zero attached hydrogens (tertiary/aromatic N) is 3. The molecular weight excluding hydrogens is 498 g/mol. The van der Waals surface area contributed by atoms with Crippen LogP contribution in [0, 0.1) is 20.2 Å². The van der Waals surface area contributed by atoms with Gasteiger partial charge in [-0.25, -0.2) is 0 Å². The van der Waals surface area contributed by atoms with E-state index in [2.05, 4.69) is 5.32 Å². The highest BCUT2D eigenvalue weighted by atomic mass is 16.6. The Morgan fingerprint density at radius 1 is 0.838 bits per heavy atom. The minimum atomic E-state index is -2.13. The minimum absolute atomic E-state index is 0.0143. The van der Waals surface area contributed by atoms with Gasteiger partial charge in [0.25, 0.3) is 23.2 Å². The van der Waals surface area contributed by atoms with Crippen molar-refractivity contribution in [2.24, 2.45) is 0 Å². The van der Waals surface area contributed by atoms with Crippen LogP contribution in [-0.4, -0.2) is 91.6 Å². The summed E-state index contributed by atoms with van der Waals surface area (Å²) in [7, 11) is -4.20. The zero-order valence-electron chi connectivity index (χ0n) is 18.9. The fourth-order valence-corrected chi connectivity index (χ4v) is 3.20. The van der Waals surface area contributed by atoms with Crippen molar-refractivity contribution < 1.29 is 49.4 Å². The molecule has 0 bridgehead atoms. The van der Waals surface area contributed by atoms with E-state index in [-0.39, 0.29) is 41.6 Å². The molecule has 2 aromatic rings. The lowest BCUT2D eigenvalue weighted by Gasteiger charge is -2.21. The Labute approximate surface area is 208 Å². The molecule has 0 spiro atoms. The third kappa shape index (κ3) is 8.07. The Bertz CT molecular complexity index is 1220. The fraction of sp³-hybridized carbons (Fsp3) is 0.211. The van der Waals surface area contributed by atoms with Crippen molar-refractivity contribution in [1.82, 2.24) is 10.2 Å². The molecule has 2 amide bonds. The van der Waals surface area contributed by atoms with E-state index in [1.165, 1.54) is 0 Å². The zero-order chi connectivity index (χ0) is 27.9. The third-order valence-electron chi connectivity index (χ3n) is 4.91. The first-order chi connectivity index (χ1) is 17.3. The maximum Gasteiger partial charge on any atom is 0.488 e. The van der Waals surface area contributed by atoms with Crippen LogP contribution in [0.25, 0.3) is 0 Å². The van der Waals surface area contributed by atoms with E-state index in [0.29, 0.717) is 0 Å². The van der Waals surface area contributed by atoms with Gasteiger partial charge in [0.15, 0.2) is 0 Å². The highest BCUT2D eigenvalue weighted by Gasteiger charge is 2.25. The summed E-state index contributed by atoms with van der Waals surface area (Å²) in [6, 6.07) is 5.48. The average Bonchev–Trinajstić information content (AvgIpc) is 2.84. The van der Waals surface area contributed by atoms with Gasteiger partial charge in [0.05, 0.1) is 9.85 Å². The second-order valence-electron chi connectivity index (χ2n) is 7.62. The van der Waals surface area contributed by atoms with Crippen LogP contribution in [0.5, 0.6) is 0 Å². The number of carboxylic acids is 1. The minimum Gasteiger partial charge on any atom is -0.480 e. The van der Waals surface area contributed by atoms with E-state index < -0.39 is 59.8 Å². The van der Waals surface area contributed by atoms with Gasteiger partial charge in [0, 0.05) is 48.5 Å². The van der Waals surface area contributed by atoms with Crippen LogP contribution in [0.2, 0.25) is 0 Å². The molecule has 0 fully saturated rings. The molecule has 0 unspecified atom stereocenters. The number of carbonyl (C=O) groups excluding carboxylic acids is 2. The van der Waals surface area contributed by atoms with Gasteiger partial charge >= 0.3 is 20.2 Å². The summed E-state index contributed by atoms with van der Waals surface area (Å²) >= 11 is 0. The van der Waals surface area contributed by atoms with Gasteiger partial charge in [0.1, 0.15) is 6.54 Å². The fourth-order valence-electron chi connectivity index (χ4n) is 3.20. The lowest BCUT2D eigenvalue weighted by molar-refractivity contribution is -0.385. The van der Waals surface area contributed by atoms with E-state index in [9.17, 15) is 54.7 Å². The lowest BCUT2D eigenvalue weighted by atomic mass is 9.79. The Morgan fingerprint density at radius 2 is 1.32 bits per heavy atom. The Morgan fingerprint density at radius 3 is 1.78 bits per heavy atom. The van der Waals surface area contributed by atoms with E-state index in [4.69, 9.17) is 5.11 Å². The van der Waals surface area contributed by atoms with E-state index in [1.54, 1.807) is 0 Å². The largest absolute Gasteiger partial charge is 0.488 e. The number of hydrogen-bond acceptors (Lipinski definition) is 11. The van der Waals surface area contributed by atoms with Crippen molar-refractivity contribution in [3.63, 3.8) is 0 Å². The second-order valence-corrected chi connectivity index (χ2v) is 7.62. The molecule has 0 radical (unpaired) electrons. The normalized spacial score (nSPS) is 10.4. The Kier molecular flexibility index (Phi) is 9.78. The van der Waals surface area contributed by atoms with Crippen molar-refractivity contribution in [2.75, 3.05) is 19.6 Å². The smallest absolute Gasteiger partial charge is 0.480 e. The van der Waals surface area contributed by atoms with Crippen molar-refractivity contribution in [1.29, 1.82) is 0 Å². The number of carbonyl (C=O) groups is 3. The molecule has 2 rings (SSSR count). The first kappa shape index (κ1) is 28.9. The topological polar surface area (TPSA) is 254 Å². The number of benzene rings is 2. The van der Waals surface area contributed by atoms with Crippen molar-refractivity contribution in [3.8, 4) is 0 Å². The van der Waals surface area contributed by atoms with E-state index in [1.807, 2.05) is 0 Å². The SMILES string of the molecule is O=C(O)CN(CCCNC(=O)c1cc(B(O)O)cc([N+](=O)[O-])c1)C(=O)c1cc(B(O)O)cc([N+](=O)[O-])c1. The molecule has 0 aliphatic carbocycles. The maximum atomic E-state index is 12.9. The highest BCUT2D eigenvalue weighted by Crippen LogP contribution is 2.15. The maximum absolute atomic E-state index is 12.9. The Balaban J connectivity index is 2.14. The van der Waals surface area contributed by atoms with Gasteiger partial charge in [-0.2, -0.15) is 0 Å². The van der Waals surface area contributed by atoms with Crippen LogP contribution >= 0.6 is 0 Å². The molecule has 6 N–H and O–H groups in total. The van der Waals surface area contributed by atoms with E-state index in [0.717, 1.165) is 41.3 Å². The molecule has 0 atom stereocenters. The molecule has 0 saturated carbocycles. The molecule has 0 aliphatic rings. The van der Waals surface area contributed by atoms with Gasteiger partial charge < -0.3 is 35.4 Å². The quantitative estimate of drug-likeness (QED) is 0.0722. The summed E-state index contributed by atoms with van der Waals surface area (Å²) in [6.45, 7) is -1.20. The van der Waals surface area contributed by atoms with E-state index >= 15 is 0 Å². The number of amides is 2. The molecule has 0 heterocycles. The van der Waals surface area contributed by atoms with Crippen LogP contribution in [0.15, 0.2) is 36.4 Å². The Hall–Kier alpha value is -4.38. The first-order valence-electron chi connectivity index (χ1n) is 10.4. The molecular formula is C19H20B2N4O12. The zero-order valence-corrected chi connectivity index (χ0v) is 18.9. The predicted octanol–water partition coefficient (Wildman–Crippen LogP) is -2.79. The number of carboxylic acid groups (broad SMARTS) is 1. The molecule has 18 heteroatoms. The van der Waals surface area contributed by atoms with Crippen LogP contribution in [-0.2, 0) is 4.79 Å². The van der Waals surface area contributed by atoms with Crippen LogP contribution in [0.1, 0.15) is 27.1 Å². The van der Waals surface area contributed by atoms with Gasteiger partial charge in [-0.15, -0.1) is 0 Å². The number of non-ortho nitro benzene ring substituents is 2. The summed E-state index contributed by atoms with van der Waals surface area (Å²) in [5, 5.41) is 70.9. The van der Waals surface area contributed by atoms with Crippen molar-refractivity contribution >= 4 is 54.3 Å². The van der Waals surface area contributed by atoms with Crippen LogP contribution in [0.3, 0.4) is 0 Å². The molecule has 37 heavy (non-hydrogen) atoms. The summed E-state index contributed by atoms with van der Waals surface area (Å²) in [5.74, 6) is -3.18. The summed E-state index contributed by atoms with van der Waals surface area (Å²) in [4.78, 5) is 57.8. The van der Waals surface area contributed by atoms with Gasteiger partial charge in [-0.1, -0.05) is 0 Å². The second kappa shape index (κ2) is 12.5. The number of rotatable bonds is 12. The number of nitro groups is 2. The van der Waals surface area contributed by atoms with Crippen LogP contribution in [0.4, 0.5) is 11.4 Å². The summed E-state index contributed by atoms with van der Waals surface area (Å²) < 4.78 is 0. The standard InChI is InChI=1S/C19H20B2N4O12/c26-17(27)10-23(19(29)12-5-14(21(32)33)9-16(7-12)25(36)37)3-1-2-22-18(28)11-4-13(20(30)31)8-15(6-11)24(34)35/h4-9,30-33H,1-3,10H2,(H,22,28)(H,26,27). The molecule has 2 aromatic carbocycles. The monoisotopic (exact) mass is 518 g/mol.